The fraction of sp³-hybridized carbons (Fsp3) is 0.176. The van der Waals surface area contributed by atoms with Crippen LogP contribution in [0, 0.1) is 20.8 Å². The number of hydrogen-bond donors (Lipinski definition) is 1. The molecule has 0 atom stereocenters. The molecular formula is C17H16N2O2S. The van der Waals surface area contributed by atoms with E-state index < -0.39 is 0 Å². The molecule has 1 saturated heterocycles. The average Bonchev–Trinajstić information content (AvgIpc) is 2.92. The normalized spacial score (nSPS) is 16.4. The summed E-state index contributed by atoms with van der Waals surface area (Å²) >= 11 is 0.942. The molecule has 1 aliphatic rings. The highest BCUT2D eigenvalue weighted by Gasteiger charge is 2.25. The number of carbonyl (C=O) groups is 2. The van der Waals surface area contributed by atoms with E-state index in [9.17, 15) is 9.59 Å². The SMILES string of the molecule is Cc1ccc(-n2c(C)cc(/C=C3/SC(=O)NC3=O)c2C)cc1. The predicted molar refractivity (Wildman–Crippen MR) is 89.1 cm³/mol. The molecule has 0 saturated carbocycles. The zero-order chi connectivity index (χ0) is 15.9. The van der Waals surface area contributed by atoms with Crippen LogP contribution in [0.15, 0.2) is 35.2 Å². The summed E-state index contributed by atoms with van der Waals surface area (Å²) in [5.74, 6) is -0.324. The van der Waals surface area contributed by atoms with Gasteiger partial charge in [-0.05, 0) is 62.4 Å². The van der Waals surface area contributed by atoms with E-state index in [4.69, 9.17) is 0 Å². The zero-order valence-corrected chi connectivity index (χ0v) is 13.5. The summed E-state index contributed by atoms with van der Waals surface area (Å²) in [6.45, 7) is 6.10. The summed E-state index contributed by atoms with van der Waals surface area (Å²) in [4.78, 5) is 23.4. The van der Waals surface area contributed by atoms with Crippen LogP contribution in [0.25, 0.3) is 11.8 Å². The number of rotatable bonds is 2. The van der Waals surface area contributed by atoms with Crippen LogP contribution in [0.2, 0.25) is 0 Å². The summed E-state index contributed by atoms with van der Waals surface area (Å²) in [6, 6.07) is 10.3. The number of thioether (sulfide) groups is 1. The monoisotopic (exact) mass is 312 g/mol. The lowest BCUT2D eigenvalue weighted by Crippen LogP contribution is -2.17. The first-order valence-electron chi connectivity index (χ1n) is 6.96. The highest BCUT2D eigenvalue weighted by Crippen LogP contribution is 2.29. The van der Waals surface area contributed by atoms with Gasteiger partial charge in [0.2, 0.25) is 0 Å². The second kappa shape index (κ2) is 5.50. The topological polar surface area (TPSA) is 51.1 Å². The third kappa shape index (κ3) is 2.60. The van der Waals surface area contributed by atoms with Gasteiger partial charge in [0.25, 0.3) is 11.1 Å². The molecule has 0 aliphatic carbocycles. The maximum Gasteiger partial charge on any atom is 0.290 e. The van der Waals surface area contributed by atoms with Crippen LogP contribution in [-0.4, -0.2) is 15.7 Å². The first-order chi connectivity index (χ1) is 10.5. The summed E-state index contributed by atoms with van der Waals surface area (Å²) in [5, 5.41) is 1.96. The predicted octanol–water partition coefficient (Wildman–Crippen LogP) is 3.73. The molecule has 112 valence electrons. The van der Waals surface area contributed by atoms with Gasteiger partial charge >= 0.3 is 0 Å². The maximum absolute atomic E-state index is 11.7. The Hall–Kier alpha value is -2.27. The van der Waals surface area contributed by atoms with Crippen molar-refractivity contribution < 1.29 is 9.59 Å². The molecule has 1 aromatic carbocycles. The van der Waals surface area contributed by atoms with Crippen molar-refractivity contribution in [2.75, 3.05) is 0 Å². The Balaban J connectivity index is 2.04. The van der Waals surface area contributed by atoms with Gasteiger partial charge in [-0.2, -0.15) is 0 Å². The minimum Gasteiger partial charge on any atom is -0.318 e. The number of amides is 2. The minimum absolute atomic E-state index is 0.316. The second-order valence-electron chi connectivity index (χ2n) is 5.35. The second-order valence-corrected chi connectivity index (χ2v) is 6.36. The molecule has 0 unspecified atom stereocenters. The van der Waals surface area contributed by atoms with Crippen LogP contribution < -0.4 is 5.32 Å². The van der Waals surface area contributed by atoms with Crippen molar-refractivity contribution in [3.63, 3.8) is 0 Å². The van der Waals surface area contributed by atoms with E-state index in [1.165, 1.54) is 5.56 Å². The lowest BCUT2D eigenvalue weighted by molar-refractivity contribution is -0.115. The Kier molecular flexibility index (Phi) is 3.66. The first kappa shape index (κ1) is 14.7. The number of hydrogen-bond acceptors (Lipinski definition) is 3. The van der Waals surface area contributed by atoms with Crippen molar-refractivity contribution in [3.8, 4) is 5.69 Å². The first-order valence-corrected chi connectivity index (χ1v) is 7.78. The fourth-order valence-corrected chi connectivity index (χ4v) is 3.26. The van der Waals surface area contributed by atoms with Crippen molar-refractivity contribution in [2.45, 2.75) is 20.8 Å². The summed E-state index contributed by atoms with van der Waals surface area (Å²) < 4.78 is 2.14. The molecule has 1 aliphatic heterocycles. The Labute approximate surface area is 133 Å². The van der Waals surface area contributed by atoms with Crippen molar-refractivity contribution in [2.24, 2.45) is 0 Å². The minimum atomic E-state index is -0.324. The third-order valence-electron chi connectivity index (χ3n) is 3.69. The Morgan fingerprint density at radius 3 is 2.36 bits per heavy atom. The summed E-state index contributed by atoms with van der Waals surface area (Å²) in [6.07, 6.45) is 1.78. The van der Waals surface area contributed by atoms with Crippen LogP contribution in [0.4, 0.5) is 4.79 Å². The smallest absolute Gasteiger partial charge is 0.290 e. The standard InChI is InChI=1S/C17H16N2O2S/c1-10-4-6-14(7-5-10)19-11(2)8-13(12(19)3)9-15-16(20)18-17(21)22-15/h4-9H,1-3H3,(H,18,20,21)/b15-9+. The molecule has 5 heteroatoms. The van der Waals surface area contributed by atoms with Crippen molar-refractivity contribution in [3.05, 3.63) is 57.8 Å². The summed E-state index contributed by atoms with van der Waals surface area (Å²) in [7, 11) is 0. The van der Waals surface area contributed by atoms with Crippen LogP contribution in [0.3, 0.4) is 0 Å². The highest BCUT2D eigenvalue weighted by molar-refractivity contribution is 8.18. The van der Waals surface area contributed by atoms with Crippen LogP contribution in [-0.2, 0) is 4.79 Å². The number of nitrogens with one attached hydrogen (secondary N) is 1. The maximum atomic E-state index is 11.7. The van der Waals surface area contributed by atoms with E-state index in [1.807, 2.05) is 19.9 Å². The number of carbonyl (C=O) groups excluding carboxylic acids is 2. The lowest BCUT2D eigenvalue weighted by atomic mass is 10.2. The number of benzene rings is 1. The van der Waals surface area contributed by atoms with Gasteiger partial charge in [-0.1, -0.05) is 17.7 Å². The third-order valence-corrected chi connectivity index (χ3v) is 4.50. The number of nitrogens with zero attached hydrogens (tertiary/aromatic N) is 1. The van der Waals surface area contributed by atoms with Crippen molar-refractivity contribution in [1.29, 1.82) is 0 Å². The Bertz CT molecular complexity index is 801. The molecular weight excluding hydrogens is 296 g/mol. The molecule has 22 heavy (non-hydrogen) atoms. The van der Waals surface area contributed by atoms with E-state index in [1.54, 1.807) is 6.08 Å². The van der Waals surface area contributed by atoms with Crippen molar-refractivity contribution >= 4 is 29.0 Å². The Morgan fingerprint density at radius 1 is 1.09 bits per heavy atom. The molecule has 0 radical (unpaired) electrons. The largest absolute Gasteiger partial charge is 0.318 e. The average molecular weight is 312 g/mol. The fourth-order valence-electron chi connectivity index (χ4n) is 2.59. The van der Waals surface area contributed by atoms with Gasteiger partial charge in [0, 0.05) is 17.1 Å². The van der Waals surface area contributed by atoms with E-state index >= 15 is 0 Å². The van der Waals surface area contributed by atoms with Crippen LogP contribution in [0.1, 0.15) is 22.5 Å². The van der Waals surface area contributed by atoms with Gasteiger partial charge < -0.3 is 4.57 Å². The molecule has 2 aromatic rings. The van der Waals surface area contributed by atoms with Gasteiger partial charge in [0.05, 0.1) is 4.91 Å². The number of imide groups is 1. The van der Waals surface area contributed by atoms with Gasteiger partial charge in [0.1, 0.15) is 0 Å². The zero-order valence-electron chi connectivity index (χ0n) is 12.6. The lowest BCUT2D eigenvalue weighted by Gasteiger charge is -2.10. The van der Waals surface area contributed by atoms with Crippen LogP contribution in [0.5, 0.6) is 0 Å². The molecule has 3 rings (SSSR count). The molecule has 1 N–H and O–H groups in total. The van der Waals surface area contributed by atoms with E-state index in [0.717, 1.165) is 34.4 Å². The number of aryl methyl sites for hydroxylation is 2. The molecule has 1 aromatic heterocycles. The van der Waals surface area contributed by atoms with E-state index in [0.29, 0.717) is 4.91 Å². The van der Waals surface area contributed by atoms with Gasteiger partial charge in [-0.15, -0.1) is 0 Å². The molecule has 4 nitrogen and oxygen atoms in total. The van der Waals surface area contributed by atoms with Gasteiger partial charge in [-0.25, -0.2) is 0 Å². The quantitative estimate of drug-likeness (QED) is 0.860. The summed E-state index contributed by atoms with van der Waals surface area (Å²) in [5.41, 5.74) is 5.38. The van der Waals surface area contributed by atoms with Gasteiger partial charge in [-0.3, -0.25) is 14.9 Å². The highest BCUT2D eigenvalue weighted by atomic mass is 32.2. The van der Waals surface area contributed by atoms with E-state index in [2.05, 4.69) is 41.1 Å². The molecule has 2 amide bonds. The van der Waals surface area contributed by atoms with E-state index in [-0.39, 0.29) is 11.1 Å². The van der Waals surface area contributed by atoms with Crippen molar-refractivity contribution in [1.82, 2.24) is 9.88 Å². The number of aromatic nitrogens is 1. The van der Waals surface area contributed by atoms with Crippen LogP contribution >= 0.6 is 11.8 Å². The molecule has 0 bridgehead atoms. The Morgan fingerprint density at radius 2 is 1.77 bits per heavy atom. The molecule has 2 heterocycles. The van der Waals surface area contributed by atoms with Gasteiger partial charge in [0.15, 0.2) is 0 Å². The molecule has 0 spiro atoms. The molecule has 1 fully saturated rings.